The topological polar surface area (TPSA) is 121 Å². The van der Waals surface area contributed by atoms with Gasteiger partial charge in [-0.05, 0) is 84.2 Å². The first-order chi connectivity index (χ1) is 24.1. The van der Waals surface area contributed by atoms with E-state index in [1.807, 2.05) is 30.3 Å². The third kappa shape index (κ3) is 9.79. The highest BCUT2D eigenvalue weighted by Crippen LogP contribution is 2.46. The van der Waals surface area contributed by atoms with Crippen molar-refractivity contribution in [3.05, 3.63) is 92.8 Å². The SMILES string of the molecule is CC(C)(C)[Si](C)(C)OC[C@H]1O[C@@H](n2cc(C(O)c3cccc(Oc4ccccc4)c3)c(=O)[nH]c2=O)[C@H](O[Si](C)(C)C(C)(C)C)[C@@H]1O[Si](C)(C)C(C)(C)C. The number of aliphatic hydroxyl groups excluding tert-OH is 1. The highest BCUT2D eigenvalue weighted by Gasteiger charge is 2.55. The van der Waals surface area contributed by atoms with E-state index in [2.05, 4.69) is 107 Å². The zero-order chi connectivity index (χ0) is 39.9. The lowest BCUT2D eigenvalue weighted by Crippen LogP contribution is -2.55. The zero-order valence-electron chi connectivity index (χ0n) is 34.6. The molecule has 0 radical (unpaired) electrons. The number of para-hydroxylation sites is 1. The molecule has 0 spiro atoms. The molecule has 3 aromatic rings. The maximum atomic E-state index is 13.8. The fourth-order valence-corrected chi connectivity index (χ4v) is 8.93. The second-order valence-corrected chi connectivity index (χ2v) is 33.3. The number of nitrogens with zero attached hydrogens (tertiary/aromatic N) is 1. The molecule has 294 valence electrons. The van der Waals surface area contributed by atoms with Crippen LogP contribution < -0.4 is 16.0 Å². The Morgan fingerprint density at radius 3 is 1.83 bits per heavy atom. The predicted molar refractivity (Wildman–Crippen MR) is 220 cm³/mol. The Morgan fingerprint density at radius 2 is 1.28 bits per heavy atom. The molecule has 2 heterocycles. The Kier molecular flexibility index (Phi) is 12.6. The van der Waals surface area contributed by atoms with E-state index in [1.54, 1.807) is 24.3 Å². The summed E-state index contributed by atoms with van der Waals surface area (Å²) in [5.41, 5.74) is -0.952. The Morgan fingerprint density at radius 1 is 0.755 bits per heavy atom. The van der Waals surface area contributed by atoms with Crippen molar-refractivity contribution < 1.29 is 27.9 Å². The van der Waals surface area contributed by atoms with Gasteiger partial charge in [0.2, 0.25) is 0 Å². The van der Waals surface area contributed by atoms with Gasteiger partial charge in [0.15, 0.2) is 31.2 Å². The molecule has 0 amide bonds. The minimum Gasteiger partial charge on any atom is -0.457 e. The molecule has 10 nitrogen and oxygen atoms in total. The van der Waals surface area contributed by atoms with Crippen LogP contribution in [0.5, 0.6) is 11.5 Å². The number of aliphatic hydroxyl groups is 1. The van der Waals surface area contributed by atoms with Gasteiger partial charge in [0.1, 0.15) is 35.9 Å². The summed E-state index contributed by atoms with van der Waals surface area (Å²) in [5, 5.41) is 11.4. The van der Waals surface area contributed by atoms with Crippen LogP contribution in [0.4, 0.5) is 0 Å². The number of ether oxygens (including phenoxy) is 2. The predicted octanol–water partition coefficient (Wildman–Crippen LogP) is 9.11. The van der Waals surface area contributed by atoms with E-state index in [9.17, 15) is 14.7 Å². The fraction of sp³-hybridized carbons (Fsp3) is 0.600. The van der Waals surface area contributed by atoms with E-state index in [0.717, 1.165) is 0 Å². The molecular formula is C40H64N2O8Si3. The summed E-state index contributed by atoms with van der Waals surface area (Å²) in [5.74, 6) is 1.13. The molecule has 5 atom stereocenters. The Labute approximate surface area is 319 Å². The van der Waals surface area contributed by atoms with Gasteiger partial charge in [-0.15, -0.1) is 0 Å². The maximum absolute atomic E-state index is 13.8. The van der Waals surface area contributed by atoms with E-state index >= 15 is 0 Å². The number of aromatic nitrogens is 2. The molecular weight excluding hydrogens is 721 g/mol. The standard InChI is InChI=1S/C40H64N2O8Si3/c1-38(2,3)51(10,11)46-26-31-33(49-52(12,13)39(4,5)6)34(50-53(14,15)40(7,8)9)36(48-31)42-25-30(35(44)41-37(42)45)32(43)27-20-19-23-29(24-27)47-28-21-17-16-18-22-28/h16-25,31-34,36,43H,26H2,1-15H3,(H,41,44,45)/t31-,32?,33-,34-,36-/m1/s1. The smallest absolute Gasteiger partial charge is 0.330 e. The molecule has 1 aromatic heterocycles. The zero-order valence-corrected chi connectivity index (χ0v) is 37.6. The van der Waals surface area contributed by atoms with Gasteiger partial charge in [-0.1, -0.05) is 92.6 Å². The normalized spacial score (nSPS) is 21.1. The van der Waals surface area contributed by atoms with Gasteiger partial charge >= 0.3 is 5.69 Å². The monoisotopic (exact) mass is 784 g/mol. The van der Waals surface area contributed by atoms with Crippen LogP contribution >= 0.6 is 0 Å². The first-order valence-corrected chi connectivity index (χ1v) is 27.4. The molecule has 13 heteroatoms. The Bertz CT molecular complexity index is 1820. The van der Waals surface area contributed by atoms with Crippen LogP contribution in [0, 0.1) is 0 Å². The Balaban J connectivity index is 1.83. The van der Waals surface area contributed by atoms with Crippen molar-refractivity contribution in [3.63, 3.8) is 0 Å². The van der Waals surface area contributed by atoms with Gasteiger partial charge in [-0.25, -0.2) is 4.79 Å². The third-order valence-corrected chi connectivity index (χ3v) is 25.3. The average Bonchev–Trinajstić information content (AvgIpc) is 3.33. The van der Waals surface area contributed by atoms with Gasteiger partial charge in [0, 0.05) is 6.20 Å². The summed E-state index contributed by atoms with van der Waals surface area (Å²) in [6, 6.07) is 16.2. The summed E-state index contributed by atoms with van der Waals surface area (Å²) in [4.78, 5) is 29.7. The van der Waals surface area contributed by atoms with Crippen molar-refractivity contribution in [3.8, 4) is 11.5 Å². The number of hydrogen-bond acceptors (Lipinski definition) is 8. The molecule has 1 aliphatic heterocycles. The number of hydrogen-bond donors (Lipinski definition) is 2. The number of nitrogens with one attached hydrogen (secondary N) is 1. The molecule has 1 saturated heterocycles. The van der Waals surface area contributed by atoms with E-state index in [4.69, 9.17) is 22.8 Å². The molecule has 1 aliphatic rings. The van der Waals surface area contributed by atoms with E-state index in [1.165, 1.54) is 10.8 Å². The number of benzene rings is 2. The van der Waals surface area contributed by atoms with Gasteiger partial charge < -0.3 is 27.9 Å². The highest BCUT2D eigenvalue weighted by molar-refractivity contribution is 6.75. The van der Waals surface area contributed by atoms with Gasteiger partial charge in [0.05, 0.1) is 12.2 Å². The second kappa shape index (κ2) is 15.5. The minimum atomic E-state index is -2.51. The van der Waals surface area contributed by atoms with Crippen LogP contribution in [0.1, 0.15) is 85.8 Å². The van der Waals surface area contributed by atoms with Crippen molar-refractivity contribution in [2.45, 2.75) is 147 Å². The van der Waals surface area contributed by atoms with E-state index < -0.39 is 66.8 Å². The third-order valence-electron chi connectivity index (χ3n) is 11.9. The fourth-order valence-electron chi connectivity index (χ4n) is 5.31. The summed E-state index contributed by atoms with van der Waals surface area (Å²) in [7, 11) is -7.16. The van der Waals surface area contributed by atoms with Crippen LogP contribution in [-0.4, -0.2) is 64.5 Å². The molecule has 2 aromatic carbocycles. The number of rotatable bonds is 12. The molecule has 4 rings (SSSR count). The van der Waals surface area contributed by atoms with Gasteiger partial charge in [0.25, 0.3) is 5.56 Å². The van der Waals surface area contributed by atoms with Crippen molar-refractivity contribution in [2.24, 2.45) is 0 Å². The van der Waals surface area contributed by atoms with Crippen LogP contribution in [0.3, 0.4) is 0 Å². The van der Waals surface area contributed by atoms with Crippen LogP contribution in [0.15, 0.2) is 70.4 Å². The van der Waals surface area contributed by atoms with Crippen molar-refractivity contribution in [1.29, 1.82) is 0 Å². The first kappa shape index (κ1) is 43.1. The molecule has 1 fully saturated rings. The maximum Gasteiger partial charge on any atom is 0.330 e. The molecule has 2 N–H and O–H groups in total. The first-order valence-electron chi connectivity index (χ1n) is 18.7. The lowest BCUT2D eigenvalue weighted by atomic mass is 10.0. The largest absolute Gasteiger partial charge is 0.457 e. The Hall–Kier alpha value is -2.63. The number of H-pyrrole nitrogens is 1. The van der Waals surface area contributed by atoms with Crippen molar-refractivity contribution in [2.75, 3.05) is 6.61 Å². The van der Waals surface area contributed by atoms with E-state index in [-0.39, 0.29) is 27.3 Å². The van der Waals surface area contributed by atoms with E-state index in [0.29, 0.717) is 17.1 Å². The lowest BCUT2D eigenvalue weighted by molar-refractivity contribution is -0.0513. The summed E-state index contributed by atoms with van der Waals surface area (Å²) < 4.78 is 35.4. The minimum absolute atomic E-state index is 0.0148. The van der Waals surface area contributed by atoms with Crippen molar-refractivity contribution in [1.82, 2.24) is 9.55 Å². The summed E-state index contributed by atoms with van der Waals surface area (Å²) in [6.45, 7) is 33.1. The summed E-state index contributed by atoms with van der Waals surface area (Å²) in [6.07, 6.45) is -2.80. The van der Waals surface area contributed by atoms with Crippen molar-refractivity contribution >= 4 is 25.0 Å². The summed E-state index contributed by atoms with van der Waals surface area (Å²) >= 11 is 0. The molecule has 0 aliphatic carbocycles. The van der Waals surface area contributed by atoms with Crippen LogP contribution in [0.25, 0.3) is 0 Å². The molecule has 1 unspecified atom stereocenters. The van der Waals surface area contributed by atoms with Crippen LogP contribution in [-0.2, 0) is 18.0 Å². The quantitative estimate of drug-likeness (QED) is 0.175. The van der Waals surface area contributed by atoms with Gasteiger partial charge in [-0.2, -0.15) is 0 Å². The highest BCUT2D eigenvalue weighted by atomic mass is 28.4. The molecule has 53 heavy (non-hydrogen) atoms. The molecule has 0 bridgehead atoms. The average molecular weight is 785 g/mol. The van der Waals surface area contributed by atoms with Gasteiger partial charge in [-0.3, -0.25) is 14.3 Å². The second-order valence-electron chi connectivity index (χ2n) is 19.0. The number of aromatic amines is 1. The lowest BCUT2D eigenvalue weighted by Gasteiger charge is -2.44. The van der Waals surface area contributed by atoms with Crippen LogP contribution in [0.2, 0.25) is 54.4 Å². The molecule has 0 saturated carbocycles.